The van der Waals surface area contributed by atoms with Gasteiger partial charge in [-0.05, 0) is 20.3 Å². The molecule has 1 aromatic heterocycles. The van der Waals surface area contributed by atoms with Gasteiger partial charge in [0.25, 0.3) is 0 Å². The highest BCUT2D eigenvalue weighted by molar-refractivity contribution is 7.16. The van der Waals surface area contributed by atoms with Gasteiger partial charge in [-0.25, -0.2) is 9.78 Å². The third-order valence-electron chi connectivity index (χ3n) is 2.96. The van der Waals surface area contributed by atoms with E-state index in [1.165, 1.54) is 0 Å². The van der Waals surface area contributed by atoms with Crippen LogP contribution in [-0.2, 0) is 14.3 Å². The molecule has 1 N–H and O–H groups in total. The Hall–Kier alpha value is -0.400. The van der Waals surface area contributed by atoms with E-state index in [4.69, 9.17) is 32.7 Å². The normalized spacial score (nSPS) is 29.6. The number of aromatic nitrogens is 1. The van der Waals surface area contributed by atoms with Gasteiger partial charge in [-0.3, -0.25) is 0 Å². The molecule has 1 aromatic rings. The summed E-state index contributed by atoms with van der Waals surface area (Å²) in [5.74, 6) is -2.11. The van der Waals surface area contributed by atoms with Crippen LogP contribution in [0.5, 0.6) is 0 Å². The number of thiazole rings is 1. The predicted molar refractivity (Wildman–Crippen MR) is 71.8 cm³/mol. The van der Waals surface area contributed by atoms with Gasteiger partial charge in [0.15, 0.2) is 15.9 Å². The van der Waals surface area contributed by atoms with Crippen molar-refractivity contribution in [1.82, 2.24) is 4.98 Å². The van der Waals surface area contributed by atoms with Crippen LogP contribution in [0.25, 0.3) is 0 Å². The van der Waals surface area contributed by atoms with Gasteiger partial charge in [0.05, 0.1) is 4.88 Å². The summed E-state index contributed by atoms with van der Waals surface area (Å²) in [4.78, 5) is 16.0. The molecule has 0 amide bonds. The van der Waals surface area contributed by atoms with Crippen LogP contribution in [0.2, 0.25) is 9.62 Å². The van der Waals surface area contributed by atoms with E-state index < -0.39 is 23.5 Å². The number of hydrogen-bond acceptors (Lipinski definition) is 5. The summed E-state index contributed by atoms with van der Waals surface area (Å²) in [5, 5.41) is 9.68. The van der Waals surface area contributed by atoms with Crippen LogP contribution >= 0.6 is 34.5 Å². The van der Waals surface area contributed by atoms with Gasteiger partial charge in [-0.2, -0.15) is 0 Å². The Morgan fingerprint density at radius 1 is 1.53 bits per heavy atom. The Bertz CT molecular complexity index is 519. The molecule has 0 bridgehead atoms. The SMILES string of the molecule is CC[C@@]1(C(=O)O)OC(C)(C)O[C@H]1c1sc(Cl)nc1Cl. The molecule has 2 atom stereocenters. The summed E-state index contributed by atoms with van der Waals surface area (Å²) in [7, 11) is 0. The topological polar surface area (TPSA) is 68.7 Å². The molecule has 0 radical (unpaired) electrons. The van der Waals surface area contributed by atoms with E-state index in [0.29, 0.717) is 4.88 Å². The van der Waals surface area contributed by atoms with Gasteiger partial charge in [-0.15, -0.1) is 11.3 Å². The number of hydrogen-bond donors (Lipinski definition) is 1. The quantitative estimate of drug-likeness (QED) is 0.920. The minimum absolute atomic E-state index is 0.153. The molecule has 1 saturated heterocycles. The molecule has 8 heteroatoms. The first kappa shape index (κ1) is 15.0. The average molecular weight is 326 g/mol. The minimum atomic E-state index is -1.48. The molecule has 0 aliphatic carbocycles. The molecule has 1 aliphatic rings. The monoisotopic (exact) mass is 325 g/mol. The molecule has 106 valence electrons. The number of carbonyl (C=O) groups is 1. The maximum absolute atomic E-state index is 11.6. The molecule has 0 saturated carbocycles. The Morgan fingerprint density at radius 2 is 2.16 bits per heavy atom. The first-order chi connectivity index (χ1) is 8.72. The molecular formula is C11H13Cl2NO4S. The average Bonchev–Trinajstić information content (AvgIpc) is 2.75. The van der Waals surface area contributed by atoms with Crippen molar-refractivity contribution in [2.75, 3.05) is 0 Å². The van der Waals surface area contributed by atoms with E-state index in [-0.39, 0.29) is 16.0 Å². The Morgan fingerprint density at radius 3 is 2.58 bits per heavy atom. The lowest BCUT2D eigenvalue weighted by Gasteiger charge is -2.26. The fourth-order valence-corrected chi connectivity index (χ4v) is 3.70. The van der Waals surface area contributed by atoms with Crippen LogP contribution in [0.4, 0.5) is 0 Å². The van der Waals surface area contributed by atoms with Crippen LogP contribution < -0.4 is 0 Å². The Balaban J connectivity index is 2.53. The molecule has 1 fully saturated rings. The molecule has 19 heavy (non-hydrogen) atoms. The molecule has 5 nitrogen and oxygen atoms in total. The number of ether oxygens (including phenoxy) is 2. The number of aliphatic carboxylic acids is 1. The molecular weight excluding hydrogens is 313 g/mol. The molecule has 0 aromatic carbocycles. The molecule has 2 rings (SSSR count). The second-order valence-electron chi connectivity index (χ2n) is 4.67. The maximum Gasteiger partial charge on any atom is 0.339 e. The highest BCUT2D eigenvalue weighted by atomic mass is 35.5. The van der Waals surface area contributed by atoms with Crippen molar-refractivity contribution in [3.63, 3.8) is 0 Å². The van der Waals surface area contributed by atoms with Gasteiger partial charge in [-0.1, -0.05) is 30.1 Å². The largest absolute Gasteiger partial charge is 0.479 e. The molecule has 0 unspecified atom stereocenters. The second-order valence-corrected chi connectivity index (χ2v) is 6.64. The number of nitrogens with zero attached hydrogens (tertiary/aromatic N) is 1. The zero-order valence-electron chi connectivity index (χ0n) is 10.6. The second kappa shape index (κ2) is 4.86. The van der Waals surface area contributed by atoms with E-state index >= 15 is 0 Å². The van der Waals surface area contributed by atoms with Crippen molar-refractivity contribution in [3.8, 4) is 0 Å². The summed E-state index contributed by atoms with van der Waals surface area (Å²) in [6, 6.07) is 0. The van der Waals surface area contributed by atoms with Crippen molar-refractivity contribution in [2.45, 2.75) is 44.7 Å². The summed E-state index contributed by atoms with van der Waals surface area (Å²) >= 11 is 12.9. The van der Waals surface area contributed by atoms with Crippen molar-refractivity contribution in [2.24, 2.45) is 0 Å². The van der Waals surface area contributed by atoms with E-state index in [9.17, 15) is 9.90 Å². The summed E-state index contributed by atoms with van der Waals surface area (Å²) in [6.07, 6.45) is -0.593. The van der Waals surface area contributed by atoms with Crippen molar-refractivity contribution >= 4 is 40.5 Å². The van der Waals surface area contributed by atoms with Crippen molar-refractivity contribution < 1.29 is 19.4 Å². The Kier molecular flexibility index (Phi) is 3.83. The predicted octanol–water partition coefficient (Wildman–Crippen LogP) is 3.51. The smallest absolute Gasteiger partial charge is 0.339 e. The summed E-state index contributed by atoms with van der Waals surface area (Å²) < 4.78 is 11.6. The molecule has 1 aliphatic heterocycles. The van der Waals surface area contributed by atoms with Gasteiger partial charge >= 0.3 is 5.97 Å². The lowest BCUT2D eigenvalue weighted by atomic mass is 9.93. The zero-order chi connectivity index (χ0) is 14.4. The lowest BCUT2D eigenvalue weighted by Crippen LogP contribution is -2.43. The van der Waals surface area contributed by atoms with Crippen LogP contribution in [0.15, 0.2) is 0 Å². The van der Waals surface area contributed by atoms with Gasteiger partial charge in [0, 0.05) is 0 Å². The standard InChI is InChI=1S/C11H13Cl2NO4S/c1-4-11(8(15)16)6(17-10(2,3)18-11)5-7(12)14-9(13)19-5/h6H,4H2,1-3H3,(H,15,16)/t6-,11+/m0/s1. The Labute approximate surface area is 124 Å². The fourth-order valence-electron chi connectivity index (χ4n) is 2.17. The van der Waals surface area contributed by atoms with E-state index in [1.807, 2.05) is 0 Å². The van der Waals surface area contributed by atoms with Gasteiger partial charge in [0.2, 0.25) is 0 Å². The van der Waals surface area contributed by atoms with Crippen molar-refractivity contribution in [1.29, 1.82) is 0 Å². The van der Waals surface area contributed by atoms with Crippen LogP contribution in [-0.4, -0.2) is 27.4 Å². The van der Waals surface area contributed by atoms with Crippen LogP contribution in [0.3, 0.4) is 0 Å². The summed E-state index contributed by atoms with van der Waals surface area (Å²) in [6.45, 7) is 5.05. The third-order valence-corrected chi connectivity index (χ3v) is 4.57. The first-order valence-corrected chi connectivity index (χ1v) is 7.22. The highest BCUT2D eigenvalue weighted by Gasteiger charge is 2.59. The van der Waals surface area contributed by atoms with Gasteiger partial charge in [0.1, 0.15) is 11.3 Å². The minimum Gasteiger partial charge on any atom is -0.479 e. The number of rotatable bonds is 3. The van der Waals surface area contributed by atoms with Crippen molar-refractivity contribution in [3.05, 3.63) is 14.5 Å². The number of carboxylic acid groups (broad SMARTS) is 1. The lowest BCUT2D eigenvalue weighted by molar-refractivity contribution is -0.185. The van der Waals surface area contributed by atoms with E-state index in [0.717, 1.165) is 11.3 Å². The number of halogens is 2. The van der Waals surface area contributed by atoms with Gasteiger partial charge < -0.3 is 14.6 Å². The summed E-state index contributed by atoms with van der Waals surface area (Å²) in [5.41, 5.74) is -1.48. The first-order valence-electron chi connectivity index (χ1n) is 5.65. The van der Waals surface area contributed by atoms with E-state index in [1.54, 1.807) is 20.8 Å². The number of carboxylic acids is 1. The highest BCUT2D eigenvalue weighted by Crippen LogP contribution is 2.51. The fraction of sp³-hybridized carbons (Fsp3) is 0.636. The van der Waals surface area contributed by atoms with Crippen LogP contribution in [0, 0.1) is 0 Å². The maximum atomic E-state index is 11.6. The zero-order valence-corrected chi connectivity index (χ0v) is 12.9. The van der Waals surface area contributed by atoms with E-state index in [2.05, 4.69) is 4.98 Å². The molecule has 2 heterocycles. The van der Waals surface area contributed by atoms with Crippen LogP contribution in [0.1, 0.15) is 38.2 Å². The molecule has 0 spiro atoms. The third kappa shape index (κ3) is 2.48.